The van der Waals surface area contributed by atoms with Crippen LogP contribution in [0.5, 0.6) is 0 Å². The van der Waals surface area contributed by atoms with Gasteiger partial charge in [-0.15, -0.1) is 34.8 Å². The Bertz CT molecular complexity index is 1460. The summed E-state index contributed by atoms with van der Waals surface area (Å²) in [5, 5.41) is 32.3. The molecule has 2 aromatic rings. The number of hydrogen-bond donors (Lipinski definition) is 2. The summed E-state index contributed by atoms with van der Waals surface area (Å²) in [6.07, 6.45) is 2.80. The van der Waals surface area contributed by atoms with E-state index in [1.807, 2.05) is 6.08 Å². The van der Waals surface area contributed by atoms with Gasteiger partial charge in [0.25, 0.3) is 11.8 Å². The third kappa shape index (κ3) is 8.26. The first-order valence-electron chi connectivity index (χ1n) is 13.8. The van der Waals surface area contributed by atoms with Gasteiger partial charge in [0.05, 0.1) is 11.7 Å². The van der Waals surface area contributed by atoms with Gasteiger partial charge >= 0.3 is 29.6 Å². The van der Waals surface area contributed by atoms with E-state index in [1.165, 1.54) is 30.6 Å². The van der Waals surface area contributed by atoms with Gasteiger partial charge in [0.1, 0.15) is 24.2 Å². The maximum absolute atomic E-state index is 13.1. The SMILES string of the molecule is C=CCN1CCN(CCCn2nnnc2SCC2=C(C(=O)[O-])N3C(=O)C(NC(=O)C(=NOC)c4csc(N)n4)[C@@H]3SC2)CC1.[Na+]. The number of amides is 2. The fourth-order valence-electron chi connectivity index (χ4n) is 5.10. The minimum atomic E-state index is -1.46. The van der Waals surface area contributed by atoms with E-state index >= 15 is 0 Å². The third-order valence-corrected chi connectivity index (χ3v) is 10.3. The first kappa shape index (κ1) is 35.3. The fourth-order valence-corrected chi connectivity index (χ4v) is 8.03. The van der Waals surface area contributed by atoms with Crippen LogP contribution in [0.1, 0.15) is 12.1 Å². The monoisotopic (exact) mass is 685 g/mol. The molecule has 2 saturated heterocycles. The van der Waals surface area contributed by atoms with Crippen LogP contribution in [0.4, 0.5) is 5.13 Å². The number of carboxylic acid groups (broad SMARTS) is 1. The number of hydrogen-bond acceptors (Lipinski definition) is 16. The van der Waals surface area contributed by atoms with E-state index in [9.17, 15) is 19.5 Å². The van der Waals surface area contributed by atoms with Gasteiger partial charge in [-0.05, 0) is 22.4 Å². The normalized spacial score (nSPS) is 20.7. The van der Waals surface area contributed by atoms with Gasteiger partial charge in [0.2, 0.25) is 5.16 Å². The molecule has 0 saturated carbocycles. The number of fused-ring (bicyclic) bond motifs is 1. The minimum Gasteiger partial charge on any atom is -0.543 e. The number of piperazine rings is 1. The molecule has 2 atom stereocenters. The third-order valence-electron chi connectivity index (χ3n) is 7.26. The van der Waals surface area contributed by atoms with Gasteiger partial charge in [-0.25, -0.2) is 9.67 Å². The number of tetrazole rings is 1. The molecule has 0 aliphatic carbocycles. The molecular formula is C25H32N11NaO5S3. The van der Waals surface area contributed by atoms with Crippen LogP contribution >= 0.6 is 34.9 Å². The number of carbonyl (C=O) groups is 3. The van der Waals surface area contributed by atoms with Crippen LogP contribution in [0.2, 0.25) is 0 Å². The topological polar surface area (TPSA) is 200 Å². The van der Waals surface area contributed by atoms with Gasteiger partial charge in [0, 0.05) is 62.7 Å². The summed E-state index contributed by atoms with van der Waals surface area (Å²) < 4.78 is 1.71. The summed E-state index contributed by atoms with van der Waals surface area (Å²) in [7, 11) is 1.28. The number of nitrogens with two attached hydrogens (primary N) is 1. The molecule has 1 unspecified atom stereocenters. The van der Waals surface area contributed by atoms with Crippen LogP contribution in [0, 0.1) is 0 Å². The summed E-state index contributed by atoms with van der Waals surface area (Å²) in [4.78, 5) is 53.1. The molecule has 5 rings (SSSR count). The average Bonchev–Trinajstić information content (AvgIpc) is 3.66. The number of nitrogens with one attached hydrogen (secondary N) is 1. The number of aromatic nitrogens is 5. The van der Waals surface area contributed by atoms with Gasteiger partial charge in [-0.3, -0.25) is 19.4 Å². The van der Waals surface area contributed by atoms with Crippen LogP contribution in [0.25, 0.3) is 0 Å². The molecule has 20 heteroatoms. The Morgan fingerprint density at radius 2 is 2.04 bits per heavy atom. The van der Waals surface area contributed by atoms with E-state index in [1.54, 1.807) is 10.1 Å². The van der Waals surface area contributed by atoms with Gasteiger partial charge in [0.15, 0.2) is 10.8 Å². The van der Waals surface area contributed by atoms with Crippen LogP contribution in [-0.2, 0) is 25.8 Å². The molecule has 0 radical (unpaired) electrons. The summed E-state index contributed by atoms with van der Waals surface area (Å²) in [5.41, 5.74) is 6.05. The van der Waals surface area contributed by atoms with Gasteiger partial charge in [-0.2, -0.15) is 0 Å². The number of thiazole rings is 1. The number of carbonyl (C=O) groups excluding carboxylic acids is 3. The summed E-state index contributed by atoms with van der Waals surface area (Å²) >= 11 is 3.77. The Hall–Kier alpha value is -2.52. The molecule has 2 fully saturated rings. The fraction of sp³-hybridized carbons (Fsp3) is 0.520. The smallest absolute Gasteiger partial charge is 0.543 e. The number of thioether (sulfide) groups is 2. The van der Waals surface area contributed by atoms with Crippen molar-refractivity contribution in [2.45, 2.75) is 29.5 Å². The Morgan fingerprint density at radius 3 is 2.71 bits per heavy atom. The zero-order valence-electron chi connectivity index (χ0n) is 25.0. The summed E-state index contributed by atoms with van der Waals surface area (Å²) in [6.45, 7) is 10.3. The predicted molar refractivity (Wildman–Crippen MR) is 163 cm³/mol. The van der Waals surface area contributed by atoms with Crippen molar-refractivity contribution >= 4 is 63.5 Å². The maximum Gasteiger partial charge on any atom is 1.00 e. The summed E-state index contributed by atoms with van der Waals surface area (Å²) in [6, 6.07) is -0.966. The van der Waals surface area contributed by atoms with Gasteiger partial charge < -0.3 is 30.7 Å². The quantitative estimate of drug-likeness (QED) is 0.0481. The number of oxime groups is 1. The Kier molecular flexibility index (Phi) is 12.8. The molecule has 16 nitrogen and oxygen atoms in total. The second kappa shape index (κ2) is 16.3. The maximum atomic E-state index is 13.1. The van der Waals surface area contributed by atoms with Crippen LogP contribution in [0.15, 0.2) is 39.6 Å². The second-order valence-electron chi connectivity index (χ2n) is 10.1. The predicted octanol–water partition coefficient (Wildman–Crippen LogP) is -4.54. The molecule has 5 heterocycles. The van der Waals surface area contributed by atoms with E-state index in [4.69, 9.17) is 10.6 Å². The van der Waals surface area contributed by atoms with E-state index in [2.05, 4.69) is 47.4 Å². The average molecular weight is 686 g/mol. The number of β-lactam (4-membered cyclic amide) rings is 1. The van der Waals surface area contributed by atoms with Crippen molar-refractivity contribution in [2.75, 3.05) is 63.6 Å². The zero-order valence-corrected chi connectivity index (χ0v) is 29.4. The van der Waals surface area contributed by atoms with E-state index < -0.39 is 29.2 Å². The number of aryl methyl sites for hydroxylation is 1. The molecule has 45 heavy (non-hydrogen) atoms. The van der Waals surface area contributed by atoms with Crippen molar-refractivity contribution in [2.24, 2.45) is 5.16 Å². The van der Waals surface area contributed by atoms with Crippen molar-refractivity contribution in [1.29, 1.82) is 0 Å². The Morgan fingerprint density at radius 1 is 1.29 bits per heavy atom. The van der Waals surface area contributed by atoms with Crippen molar-refractivity contribution in [3.05, 3.63) is 35.0 Å². The minimum absolute atomic E-state index is 0. The molecule has 2 aromatic heterocycles. The van der Waals surface area contributed by atoms with Crippen molar-refractivity contribution < 1.29 is 53.9 Å². The molecule has 3 aliphatic rings. The number of carboxylic acids is 1. The summed E-state index contributed by atoms with van der Waals surface area (Å²) in [5.74, 6) is -2.15. The van der Waals surface area contributed by atoms with Crippen LogP contribution < -0.4 is 45.7 Å². The molecule has 2 amide bonds. The van der Waals surface area contributed by atoms with Crippen LogP contribution in [0.3, 0.4) is 0 Å². The number of anilines is 1. The molecule has 0 bridgehead atoms. The Labute approximate surface area is 294 Å². The number of nitrogen functional groups attached to an aromatic ring is 1. The van der Waals surface area contributed by atoms with Gasteiger partial charge in [-0.1, -0.05) is 23.0 Å². The van der Waals surface area contributed by atoms with E-state index in [0.717, 1.165) is 61.9 Å². The van der Waals surface area contributed by atoms with Crippen molar-refractivity contribution in [1.82, 2.24) is 45.2 Å². The first-order chi connectivity index (χ1) is 21.3. The molecule has 236 valence electrons. The number of nitrogens with zero attached hydrogens (tertiary/aromatic N) is 9. The molecular weight excluding hydrogens is 654 g/mol. The standard InChI is InChI=1S/C25H33N11O5S3.Na/c1-3-5-33-8-10-34(11-9-33)6-4-7-35-25(29-31-32-35)44-13-15-12-42-22-18(21(38)36(22)19(15)23(39)40)28-20(37)17(30-41-2)16-14-43-24(26)27-16;/h3,14,18,22H,1,4-13H2,2H3,(H2,26,27)(H,28,37)(H,39,40);/q;+1/p-1/t18?,22-;/m0./s1. The largest absolute Gasteiger partial charge is 1.00 e. The first-order valence-corrected chi connectivity index (χ1v) is 16.7. The Balaban J connectivity index is 0.00000461. The molecule has 3 N–H and O–H groups in total. The number of aliphatic carboxylic acids is 1. The number of rotatable bonds is 14. The van der Waals surface area contributed by atoms with Crippen molar-refractivity contribution in [3.63, 3.8) is 0 Å². The molecule has 0 aromatic carbocycles. The van der Waals surface area contributed by atoms with E-state index in [0.29, 0.717) is 23.0 Å². The zero-order chi connectivity index (χ0) is 31.2. The second-order valence-corrected chi connectivity index (χ2v) is 13.0. The van der Waals surface area contributed by atoms with Crippen LogP contribution in [-0.4, -0.2) is 133 Å². The molecule has 0 spiro atoms. The van der Waals surface area contributed by atoms with Crippen molar-refractivity contribution in [3.8, 4) is 0 Å². The molecule has 3 aliphatic heterocycles. The van der Waals surface area contributed by atoms with E-state index in [-0.39, 0.29) is 57.5 Å².